The van der Waals surface area contributed by atoms with E-state index in [0.29, 0.717) is 24.1 Å². The average Bonchev–Trinajstić information content (AvgIpc) is 3.23. The second kappa shape index (κ2) is 7.39. The lowest BCUT2D eigenvalue weighted by atomic mass is 10.2. The number of benzene rings is 1. The van der Waals surface area contributed by atoms with Gasteiger partial charge in [-0.3, -0.25) is 4.79 Å². The minimum atomic E-state index is -0.0390. The van der Waals surface area contributed by atoms with Gasteiger partial charge in [0.15, 0.2) is 0 Å². The van der Waals surface area contributed by atoms with Gasteiger partial charge in [0.1, 0.15) is 0 Å². The van der Waals surface area contributed by atoms with Gasteiger partial charge in [-0.2, -0.15) is 5.26 Å². The zero-order valence-corrected chi connectivity index (χ0v) is 14.7. The highest BCUT2D eigenvalue weighted by molar-refractivity contribution is 7.15. The van der Waals surface area contributed by atoms with E-state index in [2.05, 4.69) is 22.4 Å². The summed E-state index contributed by atoms with van der Waals surface area (Å²) in [6.45, 7) is 1.99. The number of hydrogen-bond acceptors (Lipinski definition) is 5. The fourth-order valence-electron chi connectivity index (χ4n) is 2.32. The van der Waals surface area contributed by atoms with E-state index in [9.17, 15) is 4.79 Å². The SMILES string of the molecule is Cc1nc(-c2cccs2)c(CCC(=O)Nc2ccc(C#N)cc2)s1. The quantitative estimate of drug-likeness (QED) is 0.727. The molecule has 0 aliphatic heterocycles. The number of thiophene rings is 1. The van der Waals surface area contributed by atoms with Crippen LogP contribution in [0.1, 0.15) is 21.9 Å². The summed E-state index contributed by atoms with van der Waals surface area (Å²) >= 11 is 3.31. The molecule has 3 aromatic rings. The summed E-state index contributed by atoms with van der Waals surface area (Å²) < 4.78 is 0. The Labute approximate surface area is 148 Å². The number of amides is 1. The molecule has 3 rings (SSSR count). The molecule has 0 bridgehead atoms. The van der Waals surface area contributed by atoms with Gasteiger partial charge in [0.25, 0.3) is 0 Å². The zero-order chi connectivity index (χ0) is 16.9. The maximum Gasteiger partial charge on any atom is 0.224 e. The monoisotopic (exact) mass is 353 g/mol. The Morgan fingerprint density at radius 3 is 2.75 bits per heavy atom. The number of nitrogens with zero attached hydrogens (tertiary/aromatic N) is 2. The molecule has 0 saturated carbocycles. The fourth-order valence-corrected chi connectivity index (χ4v) is 4.08. The summed E-state index contributed by atoms with van der Waals surface area (Å²) in [5, 5.41) is 14.7. The number of aromatic nitrogens is 1. The summed E-state index contributed by atoms with van der Waals surface area (Å²) in [5.41, 5.74) is 2.28. The highest BCUT2D eigenvalue weighted by atomic mass is 32.1. The standard InChI is InChI=1S/C18H15N3OS2/c1-12-20-18(15-3-2-10-23-15)16(24-12)8-9-17(22)21-14-6-4-13(11-19)5-7-14/h2-7,10H,8-9H2,1H3,(H,21,22). The van der Waals surface area contributed by atoms with Crippen molar-refractivity contribution >= 4 is 34.3 Å². The molecule has 0 atom stereocenters. The molecule has 1 aromatic carbocycles. The Kier molecular flexibility index (Phi) is 5.04. The smallest absolute Gasteiger partial charge is 0.224 e. The second-order valence-corrected chi connectivity index (χ2v) is 7.45. The number of thiazole rings is 1. The molecular formula is C18H15N3OS2. The molecule has 24 heavy (non-hydrogen) atoms. The first-order chi connectivity index (χ1) is 11.7. The highest BCUT2D eigenvalue weighted by Gasteiger charge is 2.13. The van der Waals surface area contributed by atoms with Crippen molar-refractivity contribution in [2.24, 2.45) is 0 Å². The molecule has 1 N–H and O–H groups in total. The Morgan fingerprint density at radius 2 is 2.08 bits per heavy atom. The van der Waals surface area contributed by atoms with Crippen molar-refractivity contribution in [2.75, 3.05) is 5.32 Å². The van der Waals surface area contributed by atoms with Crippen LogP contribution >= 0.6 is 22.7 Å². The van der Waals surface area contributed by atoms with Gasteiger partial charge >= 0.3 is 0 Å². The van der Waals surface area contributed by atoms with Crippen LogP contribution < -0.4 is 5.32 Å². The first-order valence-corrected chi connectivity index (χ1v) is 9.15. The van der Waals surface area contributed by atoms with Crippen LogP contribution in [0.15, 0.2) is 41.8 Å². The summed E-state index contributed by atoms with van der Waals surface area (Å²) in [4.78, 5) is 19.0. The first-order valence-electron chi connectivity index (χ1n) is 7.46. The van der Waals surface area contributed by atoms with Crippen molar-refractivity contribution in [3.8, 4) is 16.6 Å². The molecule has 0 radical (unpaired) electrons. The maximum atomic E-state index is 12.2. The molecule has 120 valence electrons. The average molecular weight is 353 g/mol. The molecule has 4 nitrogen and oxygen atoms in total. The van der Waals surface area contributed by atoms with E-state index in [1.54, 1.807) is 46.9 Å². The molecule has 0 spiro atoms. The number of rotatable bonds is 5. The Morgan fingerprint density at radius 1 is 1.29 bits per heavy atom. The number of anilines is 1. The summed E-state index contributed by atoms with van der Waals surface area (Å²) in [5.74, 6) is -0.0390. The number of nitriles is 1. The fraction of sp³-hybridized carbons (Fsp3) is 0.167. The minimum Gasteiger partial charge on any atom is -0.326 e. The van der Waals surface area contributed by atoms with E-state index >= 15 is 0 Å². The first kappa shape index (κ1) is 16.4. The van der Waals surface area contributed by atoms with Crippen molar-refractivity contribution in [1.29, 1.82) is 5.26 Å². The Balaban J connectivity index is 1.63. The molecule has 2 aromatic heterocycles. The van der Waals surface area contributed by atoms with E-state index in [4.69, 9.17) is 5.26 Å². The predicted molar refractivity (Wildman–Crippen MR) is 98.3 cm³/mol. The van der Waals surface area contributed by atoms with Gasteiger partial charge < -0.3 is 5.32 Å². The minimum absolute atomic E-state index is 0.0390. The zero-order valence-electron chi connectivity index (χ0n) is 13.1. The van der Waals surface area contributed by atoms with Gasteiger partial charge in [0.05, 0.1) is 27.2 Å². The number of hydrogen-bond donors (Lipinski definition) is 1. The normalized spacial score (nSPS) is 10.3. The molecule has 6 heteroatoms. The lowest BCUT2D eigenvalue weighted by Gasteiger charge is -2.05. The summed E-state index contributed by atoms with van der Waals surface area (Å²) in [6.07, 6.45) is 1.07. The van der Waals surface area contributed by atoms with Crippen LogP contribution in [0, 0.1) is 18.3 Å². The van der Waals surface area contributed by atoms with Gasteiger partial charge in [-0.05, 0) is 49.1 Å². The highest BCUT2D eigenvalue weighted by Crippen LogP contribution is 2.32. The van der Waals surface area contributed by atoms with Crippen molar-refractivity contribution in [3.05, 3.63) is 57.2 Å². The largest absolute Gasteiger partial charge is 0.326 e. The molecule has 0 fully saturated rings. The topological polar surface area (TPSA) is 65.8 Å². The Bertz CT molecular complexity index is 874. The van der Waals surface area contributed by atoms with E-state index in [1.165, 1.54) is 0 Å². The lowest BCUT2D eigenvalue weighted by molar-refractivity contribution is -0.116. The molecule has 0 aliphatic carbocycles. The number of nitrogens with one attached hydrogen (secondary N) is 1. The van der Waals surface area contributed by atoms with Crippen molar-refractivity contribution in [1.82, 2.24) is 4.98 Å². The lowest BCUT2D eigenvalue weighted by Crippen LogP contribution is -2.12. The molecule has 2 heterocycles. The third-order valence-corrected chi connectivity index (χ3v) is 5.34. The molecule has 0 saturated heterocycles. The summed E-state index contributed by atoms with van der Waals surface area (Å²) in [6, 6.07) is 13.0. The van der Waals surface area contributed by atoms with E-state index < -0.39 is 0 Å². The van der Waals surface area contributed by atoms with Crippen molar-refractivity contribution in [2.45, 2.75) is 19.8 Å². The van der Waals surface area contributed by atoms with Crippen LogP contribution in [0.3, 0.4) is 0 Å². The second-order valence-electron chi connectivity index (χ2n) is 5.22. The van der Waals surface area contributed by atoms with Gasteiger partial charge in [-0.15, -0.1) is 22.7 Å². The van der Waals surface area contributed by atoms with Gasteiger partial charge in [-0.1, -0.05) is 6.07 Å². The van der Waals surface area contributed by atoms with Crippen molar-refractivity contribution < 1.29 is 4.79 Å². The number of carbonyl (C=O) groups is 1. The number of aryl methyl sites for hydroxylation is 2. The van der Waals surface area contributed by atoms with Gasteiger partial charge in [0, 0.05) is 17.0 Å². The van der Waals surface area contributed by atoms with Crippen LogP contribution in [0.5, 0.6) is 0 Å². The predicted octanol–water partition coefficient (Wildman–Crippen LogP) is 4.62. The summed E-state index contributed by atoms with van der Waals surface area (Å²) in [7, 11) is 0. The van der Waals surface area contributed by atoms with Crippen LogP contribution in [-0.2, 0) is 11.2 Å². The third-order valence-electron chi connectivity index (χ3n) is 3.44. The molecule has 1 amide bonds. The Hall–Kier alpha value is -2.49. The van der Waals surface area contributed by atoms with E-state index in [1.807, 2.05) is 18.4 Å². The number of carbonyl (C=O) groups excluding carboxylic acids is 1. The molecule has 0 aliphatic rings. The van der Waals surface area contributed by atoms with Crippen LogP contribution in [-0.4, -0.2) is 10.9 Å². The molecule has 0 unspecified atom stereocenters. The van der Waals surface area contributed by atoms with Crippen LogP contribution in [0.25, 0.3) is 10.6 Å². The van der Waals surface area contributed by atoms with Crippen LogP contribution in [0.4, 0.5) is 5.69 Å². The van der Waals surface area contributed by atoms with Gasteiger partial charge in [0.2, 0.25) is 5.91 Å². The van der Waals surface area contributed by atoms with E-state index in [-0.39, 0.29) is 5.91 Å². The third kappa shape index (κ3) is 3.88. The maximum absolute atomic E-state index is 12.2. The van der Waals surface area contributed by atoms with Gasteiger partial charge in [-0.25, -0.2) is 4.98 Å². The molecular weight excluding hydrogens is 338 g/mol. The van der Waals surface area contributed by atoms with Crippen LogP contribution in [0.2, 0.25) is 0 Å². The van der Waals surface area contributed by atoms with Crippen molar-refractivity contribution in [3.63, 3.8) is 0 Å². The van der Waals surface area contributed by atoms with E-state index in [0.717, 1.165) is 20.5 Å².